The lowest BCUT2D eigenvalue weighted by atomic mass is 9.89. The van der Waals surface area contributed by atoms with Crippen molar-refractivity contribution in [3.8, 4) is 11.8 Å². The van der Waals surface area contributed by atoms with Crippen molar-refractivity contribution in [3.05, 3.63) is 88.9 Å². The molecule has 1 aliphatic carbocycles. The van der Waals surface area contributed by atoms with Gasteiger partial charge in [0.2, 0.25) is 11.6 Å². The van der Waals surface area contributed by atoms with E-state index in [1.54, 1.807) is 54.6 Å². The molecule has 0 heterocycles. The maximum absolute atomic E-state index is 12.4. The molecule has 0 aliphatic heterocycles. The van der Waals surface area contributed by atoms with Crippen molar-refractivity contribution >= 4 is 17.1 Å². The Morgan fingerprint density at radius 2 is 1.25 bits per heavy atom. The van der Waals surface area contributed by atoms with Crippen molar-refractivity contribution in [2.75, 3.05) is 0 Å². The summed E-state index contributed by atoms with van der Waals surface area (Å²) in [6, 6.07) is 17.0. The first-order valence-corrected chi connectivity index (χ1v) is 7.18. The van der Waals surface area contributed by atoms with E-state index in [0.717, 1.165) is 0 Å². The molecule has 4 heteroatoms. The summed E-state index contributed by atoms with van der Waals surface area (Å²) in [6.07, 6.45) is 0. The smallest absolute Gasteiger partial charge is 0.240 e. The van der Waals surface area contributed by atoms with Gasteiger partial charge in [0.1, 0.15) is 5.57 Å². The number of aliphatic hydroxyl groups is 2. The second-order valence-electron chi connectivity index (χ2n) is 5.09. The number of hydrogen-bond acceptors (Lipinski definition) is 4. The van der Waals surface area contributed by atoms with Crippen LogP contribution in [0, 0.1) is 11.8 Å². The average Bonchev–Trinajstić information content (AvgIpc) is 2.62. The first-order chi connectivity index (χ1) is 11.6. The standard InChI is InChI=1S/C20H12O4/c21-17-15(12-11-13-7-3-1-4-8-13)18(22)20(24)16(19(17)23)14-9-5-2-6-10-14/h1-10,21,24H. The molecule has 0 amide bonds. The largest absolute Gasteiger partial charge is 0.504 e. The summed E-state index contributed by atoms with van der Waals surface area (Å²) in [5, 5.41) is 20.2. The zero-order valence-electron chi connectivity index (χ0n) is 12.5. The summed E-state index contributed by atoms with van der Waals surface area (Å²) >= 11 is 0. The number of carbonyl (C=O) groups is 2. The zero-order valence-corrected chi connectivity index (χ0v) is 12.5. The first kappa shape index (κ1) is 15.3. The molecule has 0 saturated heterocycles. The number of benzene rings is 2. The summed E-state index contributed by atoms with van der Waals surface area (Å²) < 4.78 is 0. The van der Waals surface area contributed by atoms with Gasteiger partial charge in [-0.05, 0) is 17.7 Å². The van der Waals surface area contributed by atoms with E-state index in [1.165, 1.54) is 0 Å². The number of hydrogen-bond donors (Lipinski definition) is 2. The van der Waals surface area contributed by atoms with E-state index in [4.69, 9.17) is 0 Å². The molecule has 0 aromatic heterocycles. The van der Waals surface area contributed by atoms with E-state index in [-0.39, 0.29) is 5.57 Å². The highest BCUT2D eigenvalue weighted by Gasteiger charge is 2.34. The first-order valence-electron chi connectivity index (χ1n) is 7.18. The molecule has 0 saturated carbocycles. The van der Waals surface area contributed by atoms with Gasteiger partial charge >= 0.3 is 0 Å². The lowest BCUT2D eigenvalue weighted by Crippen LogP contribution is -2.22. The molecular formula is C20H12O4. The molecule has 0 spiro atoms. The molecule has 0 unspecified atom stereocenters. The minimum Gasteiger partial charge on any atom is -0.504 e. The van der Waals surface area contributed by atoms with Crippen LogP contribution in [0.3, 0.4) is 0 Å². The van der Waals surface area contributed by atoms with Gasteiger partial charge in [-0.15, -0.1) is 0 Å². The highest BCUT2D eigenvalue weighted by molar-refractivity contribution is 6.38. The predicted octanol–water partition coefficient (Wildman–Crippen LogP) is 2.97. The number of allylic oxidation sites excluding steroid dienone is 2. The van der Waals surface area contributed by atoms with Gasteiger partial charge in [0.25, 0.3) is 0 Å². The summed E-state index contributed by atoms with van der Waals surface area (Å²) in [5.41, 5.74) is 0.356. The van der Waals surface area contributed by atoms with Crippen LogP contribution in [-0.2, 0) is 9.59 Å². The Labute approximate surface area is 138 Å². The Bertz CT molecular complexity index is 939. The number of ketones is 2. The van der Waals surface area contributed by atoms with Crippen LogP contribution in [0.4, 0.5) is 0 Å². The van der Waals surface area contributed by atoms with Crippen LogP contribution >= 0.6 is 0 Å². The number of aliphatic hydroxyl groups excluding tert-OH is 2. The molecule has 116 valence electrons. The van der Waals surface area contributed by atoms with Crippen LogP contribution in [0.25, 0.3) is 5.57 Å². The van der Waals surface area contributed by atoms with E-state index in [2.05, 4.69) is 11.8 Å². The molecule has 2 N–H and O–H groups in total. The van der Waals surface area contributed by atoms with E-state index in [9.17, 15) is 19.8 Å². The van der Waals surface area contributed by atoms with Crippen molar-refractivity contribution in [3.63, 3.8) is 0 Å². The second kappa shape index (κ2) is 6.27. The lowest BCUT2D eigenvalue weighted by molar-refractivity contribution is -0.118. The van der Waals surface area contributed by atoms with Crippen LogP contribution in [0.2, 0.25) is 0 Å². The van der Waals surface area contributed by atoms with Crippen molar-refractivity contribution in [2.24, 2.45) is 0 Å². The molecule has 1 aliphatic rings. The van der Waals surface area contributed by atoms with Crippen molar-refractivity contribution in [2.45, 2.75) is 0 Å². The number of rotatable bonds is 1. The topological polar surface area (TPSA) is 74.6 Å². The van der Waals surface area contributed by atoms with Crippen LogP contribution in [0.15, 0.2) is 77.8 Å². The Kier molecular flexibility index (Phi) is 4.00. The van der Waals surface area contributed by atoms with Gasteiger partial charge < -0.3 is 10.2 Å². The minimum atomic E-state index is -0.866. The van der Waals surface area contributed by atoms with Crippen LogP contribution in [0.5, 0.6) is 0 Å². The van der Waals surface area contributed by atoms with Gasteiger partial charge in [-0.2, -0.15) is 0 Å². The number of carbonyl (C=O) groups excluding carboxylic acids is 2. The third-order valence-corrected chi connectivity index (χ3v) is 3.53. The van der Waals surface area contributed by atoms with Gasteiger partial charge in [0.05, 0.1) is 5.57 Å². The fraction of sp³-hybridized carbons (Fsp3) is 0. The predicted molar refractivity (Wildman–Crippen MR) is 89.0 cm³/mol. The van der Waals surface area contributed by atoms with Crippen LogP contribution in [-0.4, -0.2) is 21.8 Å². The van der Waals surface area contributed by atoms with Gasteiger partial charge in [0.15, 0.2) is 11.5 Å². The summed E-state index contributed by atoms with van der Waals surface area (Å²) in [5.74, 6) is 2.03. The molecule has 0 fully saturated rings. The van der Waals surface area contributed by atoms with Crippen molar-refractivity contribution in [1.29, 1.82) is 0 Å². The zero-order chi connectivity index (χ0) is 17.1. The quantitative estimate of drug-likeness (QED) is 0.626. The highest BCUT2D eigenvalue weighted by atomic mass is 16.3. The summed E-state index contributed by atoms with van der Waals surface area (Å²) in [4.78, 5) is 24.7. The maximum atomic E-state index is 12.4. The van der Waals surface area contributed by atoms with Crippen LogP contribution < -0.4 is 0 Å². The van der Waals surface area contributed by atoms with Crippen molar-refractivity contribution in [1.82, 2.24) is 0 Å². The third kappa shape index (κ3) is 2.71. The van der Waals surface area contributed by atoms with E-state index < -0.39 is 28.7 Å². The van der Waals surface area contributed by atoms with E-state index in [1.807, 2.05) is 6.07 Å². The molecule has 0 bridgehead atoms. The molecule has 3 rings (SSSR count). The lowest BCUT2D eigenvalue weighted by Gasteiger charge is -2.15. The van der Waals surface area contributed by atoms with E-state index >= 15 is 0 Å². The normalized spacial score (nSPS) is 14.5. The van der Waals surface area contributed by atoms with Gasteiger partial charge in [0, 0.05) is 5.56 Å². The molecule has 0 radical (unpaired) electrons. The molecule has 0 atom stereocenters. The van der Waals surface area contributed by atoms with E-state index in [0.29, 0.717) is 11.1 Å². The Morgan fingerprint density at radius 1 is 0.667 bits per heavy atom. The SMILES string of the molecule is O=C1C(O)=C(c2ccccc2)C(=O)C(O)=C1C#Cc1ccccc1. The minimum absolute atomic E-state index is 0.219. The van der Waals surface area contributed by atoms with Gasteiger partial charge in [-0.1, -0.05) is 60.4 Å². The highest BCUT2D eigenvalue weighted by Crippen LogP contribution is 2.29. The maximum Gasteiger partial charge on any atom is 0.240 e. The fourth-order valence-corrected chi connectivity index (χ4v) is 2.32. The molecule has 2 aromatic rings. The molecule has 4 nitrogen and oxygen atoms in total. The summed E-state index contributed by atoms with van der Waals surface area (Å²) in [7, 11) is 0. The fourth-order valence-electron chi connectivity index (χ4n) is 2.32. The monoisotopic (exact) mass is 316 g/mol. The van der Waals surface area contributed by atoms with Gasteiger partial charge in [-0.3, -0.25) is 9.59 Å². The molecule has 24 heavy (non-hydrogen) atoms. The summed E-state index contributed by atoms with van der Waals surface area (Å²) in [6.45, 7) is 0. The second-order valence-corrected chi connectivity index (χ2v) is 5.09. The Morgan fingerprint density at radius 3 is 1.88 bits per heavy atom. The number of Topliss-reactive ketones (excluding diaryl/α,β-unsaturated/α-hetero) is 2. The Hall–Kier alpha value is -3.58. The molecule has 2 aromatic carbocycles. The molecular weight excluding hydrogens is 304 g/mol. The third-order valence-electron chi connectivity index (χ3n) is 3.53. The van der Waals surface area contributed by atoms with Crippen molar-refractivity contribution < 1.29 is 19.8 Å². The average molecular weight is 316 g/mol. The Balaban J connectivity index is 2.04. The van der Waals surface area contributed by atoms with Crippen LogP contribution in [0.1, 0.15) is 11.1 Å². The van der Waals surface area contributed by atoms with Gasteiger partial charge in [-0.25, -0.2) is 0 Å².